The number of carbonyl (C=O) groups is 1. The second kappa shape index (κ2) is 9.62. The largest absolute Gasteiger partial charge is 0.378 e. The molecule has 0 bridgehead atoms. The lowest BCUT2D eigenvalue weighted by Crippen LogP contribution is -2.41. The molecular formula is C26H26F3N3O2. The number of benzene rings is 2. The lowest BCUT2D eigenvalue weighted by Gasteiger charge is -2.26. The molecule has 1 atom stereocenters. The number of hydrogen-bond donors (Lipinski definition) is 0. The second-order valence-electron chi connectivity index (χ2n) is 8.90. The molecule has 5 nitrogen and oxygen atoms in total. The van der Waals surface area contributed by atoms with Crippen LogP contribution in [-0.2, 0) is 17.6 Å². The molecule has 2 heterocycles. The van der Waals surface area contributed by atoms with Gasteiger partial charge in [-0.05, 0) is 55.5 Å². The number of halogens is 3. The first-order valence-electron chi connectivity index (χ1n) is 11.7. The minimum atomic E-state index is -0.746. The van der Waals surface area contributed by atoms with Gasteiger partial charge in [-0.2, -0.15) is 5.10 Å². The number of aromatic nitrogens is 2. The van der Waals surface area contributed by atoms with Crippen LogP contribution in [0.25, 0.3) is 5.69 Å². The van der Waals surface area contributed by atoms with Crippen LogP contribution in [0.4, 0.5) is 13.2 Å². The topological polar surface area (TPSA) is 47.4 Å². The Morgan fingerprint density at radius 1 is 1.03 bits per heavy atom. The minimum Gasteiger partial charge on any atom is -0.378 e. The molecule has 0 spiro atoms. The van der Waals surface area contributed by atoms with Gasteiger partial charge in [0.25, 0.3) is 5.91 Å². The van der Waals surface area contributed by atoms with E-state index in [0.717, 1.165) is 42.1 Å². The number of rotatable bonds is 4. The molecule has 178 valence electrons. The van der Waals surface area contributed by atoms with Crippen LogP contribution in [0.15, 0.2) is 42.5 Å². The summed E-state index contributed by atoms with van der Waals surface area (Å²) >= 11 is 0. The summed E-state index contributed by atoms with van der Waals surface area (Å²) in [7, 11) is 0. The average Bonchev–Trinajstić information content (AvgIpc) is 3.08. The zero-order valence-corrected chi connectivity index (χ0v) is 18.8. The highest BCUT2D eigenvalue weighted by Gasteiger charge is 2.33. The first kappa shape index (κ1) is 22.7. The van der Waals surface area contributed by atoms with E-state index >= 15 is 0 Å². The molecule has 1 aliphatic heterocycles. The van der Waals surface area contributed by atoms with Gasteiger partial charge in [0.2, 0.25) is 0 Å². The monoisotopic (exact) mass is 469 g/mol. The minimum absolute atomic E-state index is 0.0949. The van der Waals surface area contributed by atoms with Gasteiger partial charge in [-0.1, -0.05) is 18.6 Å². The molecule has 1 aromatic heterocycles. The standard InChI is InChI=1S/C26H26F3N3O2/c27-19-6-3-4-17(15-19)14-18-5-1-2-7-21-24(26(33)31-10-12-34-13-11-31)30-32(25(18)21)23-9-8-20(28)16-22(23)29/h3-4,6,8-9,15-16,18H,1-2,5,7,10-14H2. The maximum atomic E-state index is 14.9. The number of fused-ring (bicyclic) bond motifs is 1. The first-order valence-corrected chi connectivity index (χ1v) is 11.7. The lowest BCUT2D eigenvalue weighted by molar-refractivity contribution is 0.0298. The van der Waals surface area contributed by atoms with Crippen molar-refractivity contribution in [3.8, 4) is 5.69 Å². The summed E-state index contributed by atoms with van der Waals surface area (Å²) in [5.41, 5.74) is 2.80. The van der Waals surface area contributed by atoms with E-state index in [2.05, 4.69) is 5.10 Å². The smallest absolute Gasteiger partial charge is 0.274 e. The van der Waals surface area contributed by atoms with Crippen LogP contribution < -0.4 is 0 Å². The highest BCUT2D eigenvalue weighted by Crippen LogP contribution is 2.37. The van der Waals surface area contributed by atoms with Crippen molar-refractivity contribution in [3.05, 3.63) is 82.4 Å². The van der Waals surface area contributed by atoms with Gasteiger partial charge in [-0.25, -0.2) is 17.9 Å². The van der Waals surface area contributed by atoms with Crippen LogP contribution in [0.2, 0.25) is 0 Å². The third-order valence-corrected chi connectivity index (χ3v) is 6.65. The summed E-state index contributed by atoms with van der Waals surface area (Å²) < 4.78 is 49.3. The Morgan fingerprint density at radius 3 is 2.59 bits per heavy atom. The number of morpholine rings is 1. The molecule has 0 saturated carbocycles. The van der Waals surface area contributed by atoms with E-state index in [-0.39, 0.29) is 23.3 Å². The Hall–Kier alpha value is -3.13. The van der Waals surface area contributed by atoms with Crippen LogP contribution in [0.1, 0.15) is 52.5 Å². The first-order chi connectivity index (χ1) is 16.5. The molecule has 1 saturated heterocycles. The van der Waals surface area contributed by atoms with E-state index < -0.39 is 11.6 Å². The highest BCUT2D eigenvalue weighted by atomic mass is 19.1. The summed E-state index contributed by atoms with van der Waals surface area (Å²) in [6.07, 6.45) is 3.76. The van der Waals surface area contributed by atoms with Crippen molar-refractivity contribution in [3.63, 3.8) is 0 Å². The highest BCUT2D eigenvalue weighted by molar-refractivity contribution is 5.94. The number of carbonyl (C=O) groups excluding carboxylic acids is 1. The van der Waals surface area contributed by atoms with Crippen molar-refractivity contribution in [2.75, 3.05) is 26.3 Å². The molecule has 1 aliphatic carbocycles. The maximum absolute atomic E-state index is 14.9. The molecule has 1 unspecified atom stereocenters. The van der Waals surface area contributed by atoms with Crippen LogP contribution in [0.5, 0.6) is 0 Å². The zero-order chi connectivity index (χ0) is 23.7. The van der Waals surface area contributed by atoms with Crippen LogP contribution in [0, 0.1) is 17.5 Å². The maximum Gasteiger partial charge on any atom is 0.274 e. The van der Waals surface area contributed by atoms with Crippen LogP contribution >= 0.6 is 0 Å². The Bertz CT molecular complexity index is 1200. The molecule has 34 heavy (non-hydrogen) atoms. The van der Waals surface area contributed by atoms with Crippen molar-refractivity contribution in [1.29, 1.82) is 0 Å². The Morgan fingerprint density at radius 2 is 1.82 bits per heavy atom. The number of ether oxygens (including phenoxy) is 1. The second-order valence-corrected chi connectivity index (χ2v) is 8.90. The fourth-order valence-electron chi connectivity index (χ4n) is 5.03. The third kappa shape index (κ3) is 4.46. The predicted octanol–water partition coefficient (Wildman–Crippen LogP) is 4.81. The van der Waals surface area contributed by atoms with Gasteiger partial charge in [0.1, 0.15) is 17.3 Å². The van der Waals surface area contributed by atoms with Crippen molar-refractivity contribution in [2.24, 2.45) is 0 Å². The summed E-state index contributed by atoms with van der Waals surface area (Å²) in [6, 6.07) is 9.81. The molecule has 0 radical (unpaired) electrons. The van der Waals surface area contributed by atoms with Gasteiger partial charge in [0.15, 0.2) is 11.5 Å². The van der Waals surface area contributed by atoms with E-state index in [4.69, 9.17) is 4.74 Å². The molecule has 2 aromatic carbocycles. The molecule has 0 N–H and O–H groups in total. The SMILES string of the molecule is O=C(c1nn(-c2ccc(F)cc2F)c2c1CCCCC2Cc1cccc(F)c1)N1CCOCC1. The normalized spacial score (nSPS) is 18.4. The van der Waals surface area contributed by atoms with E-state index in [1.165, 1.54) is 28.9 Å². The molecule has 1 amide bonds. The van der Waals surface area contributed by atoms with E-state index in [1.54, 1.807) is 11.0 Å². The molecule has 1 fully saturated rings. The Balaban J connectivity index is 1.64. The fraction of sp³-hybridized carbons (Fsp3) is 0.385. The van der Waals surface area contributed by atoms with Gasteiger partial charge in [-0.15, -0.1) is 0 Å². The van der Waals surface area contributed by atoms with Crippen molar-refractivity contribution < 1.29 is 22.7 Å². The van der Waals surface area contributed by atoms with Gasteiger partial charge in [0.05, 0.1) is 18.9 Å². The van der Waals surface area contributed by atoms with E-state index in [9.17, 15) is 18.0 Å². The van der Waals surface area contributed by atoms with Crippen molar-refractivity contribution >= 4 is 5.91 Å². The van der Waals surface area contributed by atoms with Crippen LogP contribution in [0.3, 0.4) is 0 Å². The number of hydrogen-bond acceptors (Lipinski definition) is 3. The zero-order valence-electron chi connectivity index (χ0n) is 18.8. The molecule has 8 heteroatoms. The molecule has 5 rings (SSSR count). The summed E-state index contributed by atoms with van der Waals surface area (Å²) in [5, 5.41) is 4.63. The van der Waals surface area contributed by atoms with Crippen LogP contribution in [-0.4, -0.2) is 46.9 Å². The summed E-state index contributed by atoms with van der Waals surface area (Å²) in [6.45, 7) is 1.86. The molecule has 3 aromatic rings. The predicted molar refractivity (Wildman–Crippen MR) is 121 cm³/mol. The quantitative estimate of drug-likeness (QED) is 0.515. The average molecular weight is 470 g/mol. The number of nitrogens with zero attached hydrogens (tertiary/aromatic N) is 3. The molecule has 2 aliphatic rings. The van der Waals surface area contributed by atoms with E-state index in [0.29, 0.717) is 44.8 Å². The third-order valence-electron chi connectivity index (χ3n) is 6.65. The van der Waals surface area contributed by atoms with E-state index in [1.807, 2.05) is 6.07 Å². The Kier molecular flexibility index (Phi) is 6.41. The fourth-order valence-corrected chi connectivity index (χ4v) is 5.03. The van der Waals surface area contributed by atoms with Gasteiger partial charge < -0.3 is 9.64 Å². The number of amides is 1. The molecular weight excluding hydrogens is 443 g/mol. The summed E-state index contributed by atoms with van der Waals surface area (Å²) in [4.78, 5) is 15.2. The Labute approximate surface area is 196 Å². The van der Waals surface area contributed by atoms with Crippen molar-refractivity contribution in [2.45, 2.75) is 38.0 Å². The van der Waals surface area contributed by atoms with Gasteiger partial charge in [0, 0.05) is 30.6 Å². The van der Waals surface area contributed by atoms with Gasteiger partial charge in [-0.3, -0.25) is 4.79 Å². The lowest BCUT2D eigenvalue weighted by atomic mass is 9.90. The van der Waals surface area contributed by atoms with Crippen molar-refractivity contribution in [1.82, 2.24) is 14.7 Å². The van der Waals surface area contributed by atoms with Gasteiger partial charge >= 0.3 is 0 Å². The summed E-state index contributed by atoms with van der Waals surface area (Å²) in [5.74, 6) is -2.04.